The Kier molecular flexibility index (Phi) is 6.53. The molecule has 4 aromatic heterocycles. The van der Waals surface area contributed by atoms with E-state index in [-0.39, 0.29) is 0 Å². The summed E-state index contributed by atoms with van der Waals surface area (Å²) in [6, 6.07) is 59.6. The first-order chi connectivity index (χ1) is 27.7. The first kappa shape index (κ1) is 30.7. The van der Waals surface area contributed by atoms with Gasteiger partial charge in [0.15, 0.2) is 0 Å². The Balaban J connectivity index is 1.01. The summed E-state index contributed by atoms with van der Waals surface area (Å²) in [6.07, 6.45) is 3.99. The molecule has 0 aliphatic rings. The lowest BCUT2D eigenvalue weighted by Gasteiger charge is -2.27. The molecule has 0 aliphatic heterocycles. The molecule has 262 valence electrons. The van der Waals surface area contributed by atoms with Crippen LogP contribution in [-0.4, -0.2) is 15.0 Å². The van der Waals surface area contributed by atoms with Gasteiger partial charge < -0.3 is 19.2 Å². The molecule has 0 bridgehead atoms. The number of pyridine rings is 2. The van der Waals surface area contributed by atoms with Crippen LogP contribution in [0.5, 0.6) is 0 Å². The lowest BCUT2D eigenvalue weighted by Crippen LogP contribution is -2.11. The molecule has 4 heterocycles. The smallest absolute Gasteiger partial charge is 0.137 e. The van der Waals surface area contributed by atoms with Gasteiger partial charge in [0, 0.05) is 107 Å². The van der Waals surface area contributed by atoms with E-state index in [1.807, 2.05) is 30.6 Å². The molecule has 56 heavy (non-hydrogen) atoms. The minimum Gasteiger partial charge on any atom is -0.456 e. The maximum absolute atomic E-state index is 6.34. The van der Waals surface area contributed by atoms with E-state index >= 15 is 0 Å². The fourth-order valence-electron chi connectivity index (χ4n) is 8.64. The largest absolute Gasteiger partial charge is 0.456 e. The second-order valence-corrected chi connectivity index (χ2v) is 14.4. The van der Waals surface area contributed by atoms with E-state index in [0.29, 0.717) is 0 Å². The summed E-state index contributed by atoms with van der Waals surface area (Å²) in [7, 11) is 0. The van der Waals surface area contributed by atoms with Gasteiger partial charge in [-0.3, -0.25) is 9.97 Å². The van der Waals surface area contributed by atoms with Crippen LogP contribution in [0.4, 0.5) is 34.1 Å². The van der Waals surface area contributed by atoms with Crippen LogP contribution in [0.1, 0.15) is 0 Å². The van der Waals surface area contributed by atoms with Gasteiger partial charge >= 0.3 is 0 Å². The molecule has 0 atom stereocenters. The van der Waals surface area contributed by atoms with Crippen molar-refractivity contribution in [1.82, 2.24) is 15.0 Å². The van der Waals surface area contributed by atoms with E-state index in [1.165, 1.54) is 10.8 Å². The Morgan fingerprint density at radius 3 is 1.55 bits per heavy atom. The number of nitrogens with zero attached hydrogens (tertiary/aromatic N) is 4. The molecule has 6 nitrogen and oxygen atoms in total. The van der Waals surface area contributed by atoms with Crippen molar-refractivity contribution in [1.29, 1.82) is 0 Å². The Bertz CT molecular complexity index is 3150. The fourth-order valence-corrected chi connectivity index (χ4v) is 8.64. The first-order valence-corrected chi connectivity index (χ1v) is 18.8. The highest BCUT2D eigenvalue weighted by Gasteiger charge is 2.21. The number of fused-ring (bicyclic) bond motifs is 6. The molecule has 0 unspecified atom stereocenters. The molecule has 0 saturated carbocycles. The average Bonchev–Trinajstić information content (AvgIpc) is 3.81. The Labute approximate surface area is 320 Å². The molecule has 0 radical (unpaired) electrons. The van der Waals surface area contributed by atoms with Crippen LogP contribution in [0.15, 0.2) is 187 Å². The van der Waals surface area contributed by atoms with Gasteiger partial charge in [-0.05, 0) is 84.9 Å². The van der Waals surface area contributed by atoms with Gasteiger partial charge in [0.25, 0.3) is 0 Å². The average molecular weight is 718 g/mol. The van der Waals surface area contributed by atoms with Crippen LogP contribution in [-0.2, 0) is 0 Å². The SMILES string of the molecule is c1ccc(N(c2cc3cnc4cc(N(c5ccccc5)c5ccc6c(c5)oc5ccccc56)cc5cnc(c2)c3c54)c2ccc3c(c2)[nH]c2ccccc23)cc1. The third-order valence-corrected chi connectivity index (χ3v) is 11.1. The van der Waals surface area contributed by atoms with E-state index in [0.717, 1.165) is 99.7 Å². The standard InChI is InChI=1S/C50H31N5O/c1-3-11-33(12-4-1)54(35-19-21-40-39-15-7-9-17-43(39)53-44(40)25-35)37-23-31-29-52-46-27-38(24-32-30-51-45(26-37)49(31)50(32)46)55(34-13-5-2-6-14-34)36-20-22-42-41-16-8-10-18-47(41)56-48(42)28-36/h1-30,53H. The summed E-state index contributed by atoms with van der Waals surface area (Å²) < 4.78 is 6.34. The summed E-state index contributed by atoms with van der Waals surface area (Å²) in [5.41, 5.74) is 12.0. The summed E-state index contributed by atoms with van der Waals surface area (Å²) in [5, 5.41) is 8.93. The van der Waals surface area contributed by atoms with Crippen molar-refractivity contribution in [3.63, 3.8) is 0 Å². The zero-order chi connectivity index (χ0) is 36.7. The number of para-hydroxylation sites is 4. The maximum atomic E-state index is 6.34. The quantitative estimate of drug-likeness (QED) is 0.174. The van der Waals surface area contributed by atoms with E-state index in [4.69, 9.17) is 14.4 Å². The number of nitrogens with one attached hydrogen (secondary N) is 1. The lowest BCUT2D eigenvalue weighted by molar-refractivity contribution is 0.669. The zero-order valence-electron chi connectivity index (χ0n) is 30.0. The van der Waals surface area contributed by atoms with E-state index < -0.39 is 0 Å². The van der Waals surface area contributed by atoms with E-state index in [2.05, 4.69) is 166 Å². The summed E-state index contributed by atoms with van der Waals surface area (Å²) >= 11 is 0. The van der Waals surface area contributed by atoms with Gasteiger partial charge in [0.05, 0.1) is 11.0 Å². The number of hydrogen-bond acceptors (Lipinski definition) is 5. The Hall–Kier alpha value is -7.70. The van der Waals surface area contributed by atoms with Crippen LogP contribution >= 0.6 is 0 Å². The Morgan fingerprint density at radius 2 is 0.893 bits per heavy atom. The molecule has 0 spiro atoms. The number of aromatic amines is 1. The maximum Gasteiger partial charge on any atom is 0.137 e. The molecule has 0 amide bonds. The third kappa shape index (κ3) is 4.69. The van der Waals surface area contributed by atoms with Crippen LogP contribution in [0.2, 0.25) is 0 Å². The van der Waals surface area contributed by atoms with Crippen molar-refractivity contribution in [3.8, 4) is 0 Å². The van der Waals surface area contributed by atoms with Crippen molar-refractivity contribution >= 4 is 110 Å². The summed E-state index contributed by atoms with van der Waals surface area (Å²) in [5.74, 6) is 0. The number of rotatable bonds is 6. The minimum absolute atomic E-state index is 0.851. The highest BCUT2D eigenvalue weighted by molar-refractivity contribution is 6.22. The van der Waals surface area contributed by atoms with E-state index in [1.54, 1.807) is 0 Å². The fraction of sp³-hybridized carbons (Fsp3) is 0. The van der Waals surface area contributed by atoms with Crippen LogP contribution in [0, 0.1) is 0 Å². The van der Waals surface area contributed by atoms with Gasteiger partial charge in [0.1, 0.15) is 11.2 Å². The minimum atomic E-state index is 0.851. The second kappa shape index (κ2) is 11.9. The van der Waals surface area contributed by atoms with E-state index in [9.17, 15) is 0 Å². The summed E-state index contributed by atoms with van der Waals surface area (Å²) in [4.78, 5) is 18.5. The number of furan rings is 1. The molecular formula is C50H31N5O. The molecule has 0 fully saturated rings. The van der Waals surface area contributed by atoms with Gasteiger partial charge in [0.2, 0.25) is 0 Å². The molecule has 0 saturated heterocycles. The lowest BCUT2D eigenvalue weighted by atomic mass is 9.99. The second-order valence-electron chi connectivity index (χ2n) is 14.4. The number of aromatic nitrogens is 3. The molecule has 12 aromatic rings. The predicted octanol–water partition coefficient (Wildman–Crippen LogP) is 13.8. The van der Waals surface area contributed by atoms with Crippen molar-refractivity contribution in [3.05, 3.63) is 182 Å². The number of hydrogen-bond donors (Lipinski definition) is 1. The number of benzene rings is 8. The van der Waals surface area contributed by atoms with Gasteiger partial charge in [-0.15, -0.1) is 0 Å². The monoisotopic (exact) mass is 717 g/mol. The highest BCUT2D eigenvalue weighted by Crippen LogP contribution is 2.44. The van der Waals surface area contributed by atoms with Gasteiger partial charge in [-0.2, -0.15) is 0 Å². The van der Waals surface area contributed by atoms with Crippen molar-refractivity contribution in [2.24, 2.45) is 0 Å². The van der Waals surface area contributed by atoms with Gasteiger partial charge in [-0.25, -0.2) is 0 Å². The van der Waals surface area contributed by atoms with Crippen molar-refractivity contribution < 1.29 is 4.42 Å². The zero-order valence-corrected chi connectivity index (χ0v) is 30.0. The number of H-pyrrole nitrogens is 1. The molecule has 6 heteroatoms. The topological polar surface area (TPSA) is 61.2 Å². The molecule has 8 aromatic carbocycles. The van der Waals surface area contributed by atoms with Crippen LogP contribution < -0.4 is 9.80 Å². The van der Waals surface area contributed by atoms with Crippen LogP contribution in [0.3, 0.4) is 0 Å². The Morgan fingerprint density at radius 1 is 0.375 bits per heavy atom. The van der Waals surface area contributed by atoms with Crippen LogP contribution in [0.25, 0.3) is 76.3 Å². The van der Waals surface area contributed by atoms with Crippen molar-refractivity contribution in [2.45, 2.75) is 0 Å². The third-order valence-electron chi connectivity index (χ3n) is 11.1. The molecular weight excluding hydrogens is 687 g/mol. The first-order valence-electron chi connectivity index (χ1n) is 18.8. The van der Waals surface area contributed by atoms with Crippen molar-refractivity contribution in [2.75, 3.05) is 9.80 Å². The summed E-state index contributed by atoms with van der Waals surface area (Å²) in [6.45, 7) is 0. The molecule has 1 N–H and O–H groups in total. The highest BCUT2D eigenvalue weighted by atomic mass is 16.3. The van der Waals surface area contributed by atoms with Gasteiger partial charge in [-0.1, -0.05) is 78.9 Å². The predicted molar refractivity (Wildman–Crippen MR) is 232 cm³/mol. The normalized spacial score (nSPS) is 11.9. The molecule has 12 rings (SSSR count). The number of anilines is 6. The molecule has 0 aliphatic carbocycles.